The maximum atomic E-state index is 12.2. The Kier molecular flexibility index (Phi) is 5.07. The molecule has 0 saturated carbocycles. The second-order valence-electron chi connectivity index (χ2n) is 5.56. The van der Waals surface area contributed by atoms with Crippen molar-refractivity contribution in [1.29, 1.82) is 0 Å². The Balaban J connectivity index is 1.42. The smallest absolute Gasteiger partial charge is 0.317 e. The third-order valence-corrected chi connectivity index (χ3v) is 4.66. The molecule has 1 saturated heterocycles. The minimum Gasteiger partial charge on any atom is -0.473 e. The maximum Gasteiger partial charge on any atom is 0.317 e. The fraction of sp³-hybridized carbons (Fsp3) is 0.438. The van der Waals surface area contributed by atoms with Gasteiger partial charge in [-0.3, -0.25) is 0 Å². The van der Waals surface area contributed by atoms with E-state index in [1.165, 1.54) is 0 Å². The van der Waals surface area contributed by atoms with E-state index in [9.17, 15) is 4.79 Å². The molecule has 7 heteroatoms. The van der Waals surface area contributed by atoms with E-state index in [4.69, 9.17) is 4.74 Å². The number of likely N-dealkylation sites (tertiary alicyclic amines) is 1. The molecule has 1 fully saturated rings. The van der Waals surface area contributed by atoms with Crippen LogP contribution in [0.25, 0.3) is 0 Å². The fourth-order valence-electron chi connectivity index (χ4n) is 2.48. The van der Waals surface area contributed by atoms with Crippen molar-refractivity contribution < 1.29 is 9.53 Å². The van der Waals surface area contributed by atoms with Crippen LogP contribution in [0, 0.1) is 6.92 Å². The molecule has 1 N–H and O–H groups in total. The summed E-state index contributed by atoms with van der Waals surface area (Å²) in [6.07, 6.45) is 1.71. The number of hydrogen-bond donors (Lipinski definition) is 1. The second-order valence-corrected chi connectivity index (χ2v) is 6.59. The first-order valence-electron chi connectivity index (χ1n) is 7.73. The van der Waals surface area contributed by atoms with Crippen LogP contribution in [0.1, 0.15) is 23.4 Å². The average Bonchev–Trinajstić information content (AvgIpc) is 3.09. The van der Waals surface area contributed by atoms with Gasteiger partial charge in [0.2, 0.25) is 5.88 Å². The molecule has 122 valence electrons. The van der Waals surface area contributed by atoms with Crippen molar-refractivity contribution in [2.75, 3.05) is 13.1 Å². The normalized spacial score (nSPS) is 15.4. The lowest BCUT2D eigenvalue weighted by Crippen LogP contribution is -2.46. The first kappa shape index (κ1) is 15.7. The molecule has 1 aliphatic rings. The predicted octanol–water partition coefficient (Wildman–Crippen LogP) is 2.60. The zero-order chi connectivity index (χ0) is 16.1. The van der Waals surface area contributed by atoms with Gasteiger partial charge in [-0.2, -0.15) is 5.10 Å². The lowest BCUT2D eigenvalue weighted by atomic mass is 10.1. The van der Waals surface area contributed by atoms with Crippen LogP contribution in [-0.4, -0.2) is 40.3 Å². The Hall–Kier alpha value is -2.15. The molecule has 1 aliphatic heterocycles. The summed E-state index contributed by atoms with van der Waals surface area (Å²) in [6.45, 7) is 3.87. The highest BCUT2D eigenvalue weighted by atomic mass is 32.1. The molecule has 2 amide bonds. The first-order chi connectivity index (χ1) is 11.2. The standard InChI is InChI=1S/C16H20N4O2S/c1-12-4-5-15(19-18-12)22-13-6-8-20(9-7-13)16(21)17-11-14-3-2-10-23-14/h2-5,10,13H,6-9,11H2,1H3,(H,17,21). The van der Waals surface area contributed by atoms with Crippen LogP contribution in [-0.2, 0) is 6.54 Å². The molecule has 0 radical (unpaired) electrons. The number of aromatic nitrogens is 2. The Morgan fingerprint density at radius 3 is 2.83 bits per heavy atom. The van der Waals surface area contributed by atoms with E-state index in [-0.39, 0.29) is 12.1 Å². The summed E-state index contributed by atoms with van der Waals surface area (Å²) in [7, 11) is 0. The molecule has 0 unspecified atom stereocenters. The van der Waals surface area contributed by atoms with Gasteiger partial charge in [-0.25, -0.2) is 4.79 Å². The van der Waals surface area contributed by atoms with Crippen molar-refractivity contribution in [3.63, 3.8) is 0 Å². The molecule has 0 aliphatic carbocycles. The lowest BCUT2D eigenvalue weighted by molar-refractivity contribution is 0.106. The zero-order valence-electron chi connectivity index (χ0n) is 13.1. The third-order valence-electron chi connectivity index (χ3n) is 3.78. The maximum absolute atomic E-state index is 12.2. The summed E-state index contributed by atoms with van der Waals surface area (Å²) in [6, 6.07) is 7.72. The Morgan fingerprint density at radius 2 is 2.17 bits per heavy atom. The molecular formula is C16H20N4O2S. The van der Waals surface area contributed by atoms with Gasteiger partial charge in [0.1, 0.15) is 6.10 Å². The highest BCUT2D eigenvalue weighted by Gasteiger charge is 2.24. The monoisotopic (exact) mass is 332 g/mol. The molecule has 2 aromatic heterocycles. The number of nitrogens with zero attached hydrogens (tertiary/aromatic N) is 3. The summed E-state index contributed by atoms with van der Waals surface area (Å²) in [5.41, 5.74) is 0.870. The predicted molar refractivity (Wildman–Crippen MR) is 88.5 cm³/mol. The molecule has 0 bridgehead atoms. The number of urea groups is 1. The number of amides is 2. The molecule has 3 heterocycles. The Labute approximate surface area is 139 Å². The van der Waals surface area contributed by atoms with Crippen molar-refractivity contribution in [3.8, 4) is 5.88 Å². The zero-order valence-corrected chi connectivity index (χ0v) is 13.9. The number of rotatable bonds is 4. The van der Waals surface area contributed by atoms with Gasteiger partial charge in [0.25, 0.3) is 0 Å². The van der Waals surface area contributed by atoms with Crippen LogP contribution >= 0.6 is 11.3 Å². The topological polar surface area (TPSA) is 67.3 Å². The molecule has 6 nitrogen and oxygen atoms in total. The van der Waals surface area contributed by atoms with Crippen LogP contribution in [0.5, 0.6) is 5.88 Å². The van der Waals surface area contributed by atoms with Crippen LogP contribution in [0.3, 0.4) is 0 Å². The van der Waals surface area contributed by atoms with Gasteiger partial charge >= 0.3 is 6.03 Å². The molecule has 23 heavy (non-hydrogen) atoms. The molecule has 0 atom stereocenters. The van der Waals surface area contributed by atoms with Crippen molar-refractivity contribution in [2.24, 2.45) is 0 Å². The number of ether oxygens (including phenoxy) is 1. The van der Waals surface area contributed by atoms with E-state index in [1.807, 2.05) is 41.5 Å². The van der Waals surface area contributed by atoms with E-state index < -0.39 is 0 Å². The number of thiophene rings is 1. The largest absolute Gasteiger partial charge is 0.473 e. The van der Waals surface area contributed by atoms with E-state index in [0.717, 1.165) is 23.4 Å². The van der Waals surface area contributed by atoms with Crippen molar-refractivity contribution in [2.45, 2.75) is 32.4 Å². The average molecular weight is 332 g/mol. The first-order valence-corrected chi connectivity index (χ1v) is 8.61. The van der Waals surface area contributed by atoms with Crippen LogP contribution in [0.4, 0.5) is 4.79 Å². The van der Waals surface area contributed by atoms with E-state index >= 15 is 0 Å². The number of aryl methyl sites for hydroxylation is 1. The third kappa shape index (κ3) is 4.41. The summed E-state index contributed by atoms with van der Waals surface area (Å²) >= 11 is 1.65. The molecule has 0 spiro atoms. The minimum atomic E-state index is -0.00743. The van der Waals surface area contributed by atoms with Crippen LogP contribution < -0.4 is 10.1 Å². The number of piperidine rings is 1. The Morgan fingerprint density at radius 1 is 1.35 bits per heavy atom. The molecule has 3 rings (SSSR count). The van der Waals surface area contributed by atoms with E-state index in [1.54, 1.807) is 11.3 Å². The summed E-state index contributed by atoms with van der Waals surface area (Å²) in [5, 5.41) is 13.0. The van der Waals surface area contributed by atoms with Gasteiger partial charge < -0.3 is 15.0 Å². The van der Waals surface area contributed by atoms with Crippen LogP contribution in [0.15, 0.2) is 29.6 Å². The minimum absolute atomic E-state index is 0.00743. The van der Waals surface area contributed by atoms with Crippen molar-refractivity contribution >= 4 is 17.4 Å². The van der Waals surface area contributed by atoms with Gasteiger partial charge in [0, 0.05) is 36.9 Å². The number of hydrogen-bond acceptors (Lipinski definition) is 5. The van der Waals surface area contributed by atoms with Crippen molar-refractivity contribution in [3.05, 3.63) is 40.2 Å². The quantitative estimate of drug-likeness (QED) is 0.934. The van der Waals surface area contributed by atoms with E-state index in [2.05, 4.69) is 15.5 Å². The highest BCUT2D eigenvalue weighted by Crippen LogP contribution is 2.17. The molecule has 0 aromatic carbocycles. The van der Waals surface area contributed by atoms with Gasteiger partial charge in [0.15, 0.2) is 0 Å². The summed E-state index contributed by atoms with van der Waals surface area (Å²) in [4.78, 5) is 15.2. The van der Waals surface area contributed by atoms with Crippen LogP contribution in [0.2, 0.25) is 0 Å². The lowest BCUT2D eigenvalue weighted by Gasteiger charge is -2.31. The number of nitrogens with one attached hydrogen (secondary N) is 1. The fourth-order valence-corrected chi connectivity index (χ4v) is 3.13. The summed E-state index contributed by atoms with van der Waals surface area (Å²) in [5.74, 6) is 0.552. The van der Waals surface area contributed by atoms with Gasteiger partial charge in [-0.1, -0.05) is 6.07 Å². The molecular weight excluding hydrogens is 312 g/mol. The van der Waals surface area contributed by atoms with Gasteiger partial charge in [-0.15, -0.1) is 16.4 Å². The second kappa shape index (κ2) is 7.41. The number of carbonyl (C=O) groups excluding carboxylic acids is 1. The number of carbonyl (C=O) groups is 1. The van der Waals surface area contributed by atoms with Gasteiger partial charge in [0.05, 0.1) is 12.2 Å². The Bertz CT molecular complexity index is 622. The molecule has 2 aromatic rings. The van der Waals surface area contributed by atoms with Gasteiger partial charge in [-0.05, 0) is 24.4 Å². The summed E-state index contributed by atoms with van der Waals surface area (Å²) < 4.78 is 5.83. The van der Waals surface area contributed by atoms with Crippen molar-refractivity contribution in [1.82, 2.24) is 20.4 Å². The SMILES string of the molecule is Cc1ccc(OC2CCN(C(=O)NCc3cccs3)CC2)nn1. The highest BCUT2D eigenvalue weighted by molar-refractivity contribution is 7.09. The van der Waals surface area contributed by atoms with E-state index in [0.29, 0.717) is 25.5 Å².